The number of rotatable bonds is 9. The molecule has 1 aliphatic rings. The van der Waals surface area contributed by atoms with Crippen molar-refractivity contribution in [3.05, 3.63) is 66.1 Å². The van der Waals surface area contributed by atoms with Crippen molar-refractivity contribution in [1.29, 1.82) is 0 Å². The van der Waals surface area contributed by atoms with Gasteiger partial charge in [-0.15, -0.1) is 0 Å². The number of hydrogen-bond donors (Lipinski definition) is 0. The van der Waals surface area contributed by atoms with Gasteiger partial charge in [-0.25, -0.2) is 0 Å². The maximum absolute atomic E-state index is 12.5. The van der Waals surface area contributed by atoms with Crippen LogP contribution in [-0.2, 0) is 11.4 Å². The number of hydrogen-bond acceptors (Lipinski definition) is 7. The molecular weight excluding hydrogens is 547 g/mol. The summed E-state index contributed by atoms with van der Waals surface area (Å²) >= 11 is 3.04. The summed E-state index contributed by atoms with van der Waals surface area (Å²) in [6.07, 6.45) is 2.38. The lowest BCUT2D eigenvalue weighted by atomic mass is 10.1. The summed E-state index contributed by atoms with van der Waals surface area (Å²) in [5.74, 6) is 0.708. The van der Waals surface area contributed by atoms with Crippen molar-refractivity contribution in [2.45, 2.75) is 26.9 Å². The van der Waals surface area contributed by atoms with Gasteiger partial charge in [-0.3, -0.25) is 24.6 Å². The Kier molecular flexibility index (Phi) is 8.13. The van der Waals surface area contributed by atoms with E-state index in [2.05, 4.69) is 22.6 Å². The summed E-state index contributed by atoms with van der Waals surface area (Å²) in [6.45, 7) is 4.69. The molecule has 0 N–H and O–H groups in total. The van der Waals surface area contributed by atoms with Gasteiger partial charge in [-0.2, -0.15) is 0 Å². The van der Waals surface area contributed by atoms with Gasteiger partial charge in [-0.1, -0.05) is 19.1 Å². The molecule has 2 amide bonds. The van der Waals surface area contributed by atoms with E-state index in [-0.39, 0.29) is 23.4 Å². The van der Waals surface area contributed by atoms with E-state index in [1.54, 1.807) is 24.3 Å². The molecule has 1 saturated heterocycles. The number of non-ortho nitro benzene ring substituents is 1. The molecule has 1 fully saturated rings. The molecule has 1 heterocycles. The Balaban J connectivity index is 1.85. The van der Waals surface area contributed by atoms with Crippen LogP contribution >= 0.6 is 34.4 Å². The van der Waals surface area contributed by atoms with Gasteiger partial charge in [0.05, 0.1) is 20.0 Å². The Labute approximate surface area is 203 Å². The maximum atomic E-state index is 12.5. The quantitative estimate of drug-likeness (QED) is 0.168. The van der Waals surface area contributed by atoms with Crippen LogP contribution < -0.4 is 9.47 Å². The number of nitro benzene ring substituents is 1. The molecule has 0 saturated carbocycles. The van der Waals surface area contributed by atoms with Crippen LogP contribution in [0.5, 0.6) is 11.5 Å². The van der Waals surface area contributed by atoms with Crippen LogP contribution in [0.2, 0.25) is 0 Å². The minimum Gasteiger partial charge on any atom is -0.490 e. The highest BCUT2D eigenvalue weighted by molar-refractivity contribution is 14.1. The van der Waals surface area contributed by atoms with Crippen LogP contribution in [0.15, 0.2) is 41.3 Å². The van der Waals surface area contributed by atoms with Crippen molar-refractivity contribution in [2.24, 2.45) is 0 Å². The van der Waals surface area contributed by atoms with Crippen LogP contribution in [0, 0.1) is 13.7 Å². The molecule has 0 aromatic heterocycles. The first kappa shape index (κ1) is 24.1. The smallest absolute Gasteiger partial charge is 0.293 e. The van der Waals surface area contributed by atoms with Gasteiger partial charge in [-0.05, 0) is 77.0 Å². The fraction of sp³-hybridized carbons (Fsp3) is 0.273. The molecular formula is C22H21IN2O6S. The van der Waals surface area contributed by atoms with Crippen LogP contribution in [0.1, 0.15) is 31.4 Å². The monoisotopic (exact) mass is 568 g/mol. The zero-order valence-electron chi connectivity index (χ0n) is 17.5. The number of nitrogens with zero attached hydrogens (tertiary/aromatic N) is 2. The molecule has 2 aromatic rings. The lowest BCUT2D eigenvalue weighted by Gasteiger charge is -2.15. The predicted octanol–water partition coefficient (Wildman–Crippen LogP) is 5.62. The molecule has 168 valence electrons. The standard InChI is InChI=1S/C22H21IN2O6S/c1-3-8-24-21(26)19(32-22(24)27)12-15-10-17(23)20(18(11-15)30-4-2)31-13-14-6-5-7-16(9-14)25(28)29/h5-7,9-12H,3-4,8,13H2,1-2H3/b19-12+. The third-order valence-corrected chi connectivity index (χ3v) is 6.16. The minimum atomic E-state index is -0.449. The Morgan fingerprint density at radius 1 is 1.19 bits per heavy atom. The average Bonchev–Trinajstić information content (AvgIpc) is 3.01. The molecule has 0 bridgehead atoms. The molecule has 2 aromatic carbocycles. The number of nitro groups is 1. The van der Waals surface area contributed by atoms with Crippen molar-refractivity contribution >= 4 is 57.3 Å². The number of amides is 2. The van der Waals surface area contributed by atoms with E-state index >= 15 is 0 Å². The summed E-state index contributed by atoms with van der Waals surface area (Å²) in [5.41, 5.74) is 1.37. The summed E-state index contributed by atoms with van der Waals surface area (Å²) < 4.78 is 12.4. The Hall–Kier alpha value is -2.60. The van der Waals surface area contributed by atoms with Gasteiger partial charge in [0.2, 0.25) is 0 Å². The zero-order chi connectivity index (χ0) is 23.3. The highest BCUT2D eigenvalue weighted by atomic mass is 127. The van der Waals surface area contributed by atoms with E-state index in [0.29, 0.717) is 47.1 Å². The summed E-state index contributed by atoms with van der Waals surface area (Å²) in [6, 6.07) is 9.84. The fourth-order valence-corrected chi connectivity index (χ4v) is 4.70. The van der Waals surface area contributed by atoms with E-state index in [9.17, 15) is 19.7 Å². The van der Waals surface area contributed by atoms with E-state index in [1.807, 2.05) is 19.9 Å². The van der Waals surface area contributed by atoms with Crippen LogP contribution in [0.3, 0.4) is 0 Å². The van der Waals surface area contributed by atoms with E-state index in [1.165, 1.54) is 17.0 Å². The van der Waals surface area contributed by atoms with Crippen molar-refractivity contribution in [2.75, 3.05) is 13.2 Å². The zero-order valence-corrected chi connectivity index (χ0v) is 20.5. The van der Waals surface area contributed by atoms with Crippen LogP contribution in [0.25, 0.3) is 6.08 Å². The minimum absolute atomic E-state index is 0.00167. The number of ether oxygens (including phenoxy) is 2. The Morgan fingerprint density at radius 2 is 1.97 bits per heavy atom. The van der Waals surface area contributed by atoms with Crippen molar-refractivity contribution in [1.82, 2.24) is 4.90 Å². The summed E-state index contributed by atoms with van der Waals surface area (Å²) in [5, 5.41) is 10.7. The average molecular weight is 568 g/mol. The van der Waals surface area contributed by atoms with Crippen molar-refractivity contribution in [3.8, 4) is 11.5 Å². The van der Waals surface area contributed by atoms with E-state index < -0.39 is 4.92 Å². The second kappa shape index (κ2) is 10.8. The highest BCUT2D eigenvalue weighted by Gasteiger charge is 2.34. The molecule has 0 spiro atoms. The number of carbonyl (C=O) groups excluding carboxylic acids is 2. The third-order valence-electron chi connectivity index (χ3n) is 4.45. The Bertz CT molecular complexity index is 1090. The molecule has 32 heavy (non-hydrogen) atoms. The molecule has 0 radical (unpaired) electrons. The molecule has 1 aliphatic heterocycles. The van der Waals surface area contributed by atoms with Gasteiger partial charge in [0, 0.05) is 18.7 Å². The molecule has 0 unspecified atom stereocenters. The van der Waals surface area contributed by atoms with Crippen LogP contribution in [-0.4, -0.2) is 34.1 Å². The molecule has 10 heteroatoms. The second-order valence-electron chi connectivity index (χ2n) is 6.81. The lowest BCUT2D eigenvalue weighted by Crippen LogP contribution is -2.28. The highest BCUT2D eigenvalue weighted by Crippen LogP contribution is 2.38. The predicted molar refractivity (Wildman–Crippen MR) is 131 cm³/mol. The number of thioether (sulfide) groups is 1. The van der Waals surface area contributed by atoms with E-state index in [4.69, 9.17) is 9.47 Å². The molecule has 3 rings (SSSR count). The summed E-state index contributed by atoms with van der Waals surface area (Å²) in [7, 11) is 0. The fourth-order valence-electron chi connectivity index (χ4n) is 3.06. The first-order chi connectivity index (χ1) is 15.3. The maximum Gasteiger partial charge on any atom is 0.293 e. The molecule has 8 nitrogen and oxygen atoms in total. The second-order valence-corrected chi connectivity index (χ2v) is 8.97. The Morgan fingerprint density at radius 3 is 2.66 bits per heavy atom. The van der Waals surface area contributed by atoms with E-state index in [0.717, 1.165) is 15.3 Å². The third kappa shape index (κ3) is 5.60. The number of carbonyl (C=O) groups is 2. The van der Waals surface area contributed by atoms with Gasteiger partial charge in [0.1, 0.15) is 6.61 Å². The van der Waals surface area contributed by atoms with Crippen molar-refractivity contribution < 1.29 is 24.0 Å². The first-order valence-corrected chi connectivity index (χ1v) is 11.8. The number of benzene rings is 2. The molecule has 0 aliphatic carbocycles. The molecule has 0 atom stereocenters. The van der Waals surface area contributed by atoms with Gasteiger partial charge < -0.3 is 9.47 Å². The first-order valence-electron chi connectivity index (χ1n) is 9.91. The normalized spacial score (nSPS) is 14.8. The SMILES string of the molecule is CCCN1C(=O)S/C(=C/c2cc(I)c(OCc3cccc([N+](=O)[O-])c3)c(OCC)c2)C1=O. The van der Waals surface area contributed by atoms with Gasteiger partial charge in [0.15, 0.2) is 11.5 Å². The van der Waals surface area contributed by atoms with Crippen molar-refractivity contribution in [3.63, 3.8) is 0 Å². The van der Waals surface area contributed by atoms with Gasteiger partial charge in [0.25, 0.3) is 16.8 Å². The number of halogens is 1. The lowest BCUT2D eigenvalue weighted by molar-refractivity contribution is -0.384. The van der Waals surface area contributed by atoms with Gasteiger partial charge >= 0.3 is 0 Å². The van der Waals surface area contributed by atoms with Crippen LogP contribution in [0.4, 0.5) is 10.5 Å². The topological polar surface area (TPSA) is 99.0 Å². The summed E-state index contributed by atoms with van der Waals surface area (Å²) in [4.78, 5) is 36.8. The largest absolute Gasteiger partial charge is 0.490 e. The number of imide groups is 1.